The second kappa shape index (κ2) is 10.2. The Labute approximate surface area is 129 Å². The molecule has 4 atom stereocenters. The molecule has 0 spiro atoms. The zero-order valence-corrected chi connectivity index (χ0v) is 13.8. The van der Waals surface area contributed by atoms with Crippen LogP contribution in [0.2, 0.25) is 0 Å². The van der Waals surface area contributed by atoms with E-state index in [-0.39, 0.29) is 24.3 Å². The van der Waals surface area contributed by atoms with Crippen molar-refractivity contribution < 1.29 is 19.4 Å². The Hall–Kier alpha value is -0.610. The molecule has 4 heteroatoms. The van der Waals surface area contributed by atoms with Gasteiger partial charge in [-0.2, -0.15) is 0 Å². The Morgan fingerprint density at radius 3 is 2.52 bits per heavy atom. The van der Waals surface area contributed by atoms with E-state index >= 15 is 0 Å². The highest BCUT2D eigenvalue weighted by molar-refractivity contribution is 5.66. The third-order valence-electron chi connectivity index (χ3n) is 4.17. The molecule has 1 aliphatic heterocycles. The van der Waals surface area contributed by atoms with Gasteiger partial charge in [-0.05, 0) is 12.8 Å². The van der Waals surface area contributed by atoms with Gasteiger partial charge in [-0.1, -0.05) is 52.4 Å². The molecule has 0 unspecified atom stereocenters. The van der Waals surface area contributed by atoms with E-state index in [1.54, 1.807) is 0 Å². The Balaban J connectivity index is 2.46. The maximum Gasteiger partial charge on any atom is 0.302 e. The van der Waals surface area contributed by atoms with Crippen molar-refractivity contribution in [1.82, 2.24) is 0 Å². The molecule has 0 aromatic rings. The lowest BCUT2D eigenvalue weighted by molar-refractivity contribution is -0.149. The Bertz CT molecular complexity index is 293. The molecule has 0 aromatic carbocycles. The highest BCUT2D eigenvalue weighted by atomic mass is 16.6. The molecule has 124 valence electrons. The number of ether oxygens (including phenoxy) is 2. The van der Waals surface area contributed by atoms with Gasteiger partial charge in [-0.3, -0.25) is 4.79 Å². The van der Waals surface area contributed by atoms with E-state index in [0.29, 0.717) is 6.42 Å². The SMILES string of the molecule is CCCCC[C@@H](O)[C@@H]1C[C@H](OC(C)=O)[C@H](CCCCC)O1. The maximum atomic E-state index is 11.2. The first-order valence-electron chi connectivity index (χ1n) is 8.59. The van der Waals surface area contributed by atoms with Gasteiger partial charge >= 0.3 is 5.97 Å². The number of esters is 1. The fraction of sp³-hybridized carbons (Fsp3) is 0.941. The first-order valence-corrected chi connectivity index (χ1v) is 8.59. The Morgan fingerprint density at radius 1 is 1.24 bits per heavy atom. The summed E-state index contributed by atoms with van der Waals surface area (Å²) >= 11 is 0. The largest absolute Gasteiger partial charge is 0.460 e. The van der Waals surface area contributed by atoms with Gasteiger partial charge in [0, 0.05) is 13.3 Å². The topological polar surface area (TPSA) is 55.8 Å². The first kappa shape index (κ1) is 18.4. The minimum absolute atomic E-state index is 0.0497. The number of rotatable bonds is 10. The molecule has 1 aliphatic rings. The zero-order chi connectivity index (χ0) is 15.7. The van der Waals surface area contributed by atoms with Gasteiger partial charge in [0.25, 0.3) is 0 Å². The molecular formula is C17H32O4. The molecule has 1 rings (SSSR count). The Kier molecular flexibility index (Phi) is 8.93. The predicted molar refractivity (Wildman–Crippen MR) is 83.1 cm³/mol. The highest BCUT2D eigenvalue weighted by Crippen LogP contribution is 2.30. The number of carbonyl (C=O) groups excluding carboxylic acids is 1. The molecule has 0 amide bonds. The van der Waals surface area contributed by atoms with Crippen LogP contribution in [0.4, 0.5) is 0 Å². The number of aliphatic hydroxyl groups excluding tert-OH is 1. The second-order valence-corrected chi connectivity index (χ2v) is 6.16. The zero-order valence-electron chi connectivity index (χ0n) is 13.8. The van der Waals surface area contributed by atoms with Crippen LogP contribution in [-0.4, -0.2) is 35.5 Å². The van der Waals surface area contributed by atoms with Crippen LogP contribution in [0.1, 0.15) is 78.6 Å². The molecule has 1 heterocycles. The maximum absolute atomic E-state index is 11.2. The third kappa shape index (κ3) is 6.79. The molecule has 0 radical (unpaired) electrons. The summed E-state index contributed by atoms with van der Waals surface area (Å²) in [6, 6.07) is 0. The van der Waals surface area contributed by atoms with Crippen molar-refractivity contribution in [3.05, 3.63) is 0 Å². The van der Waals surface area contributed by atoms with Crippen molar-refractivity contribution >= 4 is 5.97 Å². The van der Waals surface area contributed by atoms with Crippen LogP contribution in [0.15, 0.2) is 0 Å². The van der Waals surface area contributed by atoms with Crippen LogP contribution < -0.4 is 0 Å². The smallest absolute Gasteiger partial charge is 0.302 e. The molecule has 21 heavy (non-hydrogen) atoms. The van der Waals surface area contributed by atoms with E-state index in [9.17, 15) is 9.90 Å². The minimum atomic E-state index is -0.439. The van der Waals surface area contributed by atoms with Crippen LogP contribution in [0.25, 0.3) is 0 Å². The lowest BCUT2D eigenvalue weighted by Gasteiger charge is -2.19. The van der Waals surface area contributed by atoms with Crippen LogP contribution in [0.5, 0.6) is 0 Å². The molecule has 0 saturated carbocycles. The minimum Gasteiger partial charge on any atom is -0.460 e. The van der Waals surface area contributed by atoms with Gasteiger partial charge in [0.2, 0.25) is 0 Å². The molecule has 0 aliphatic carbocycles. The van der Waals surface area contributed by atoms with E-state index in [1.165, 1.54) is 6.92 Å². The van der Waals surface area contributed by atoms with Gasteiger partial charge in [-0.15, -0.1) is 0 Å². The quantitative estimate of drug-likeness (QED) is 0.495. The average molecular weight is 300 g/mol. The summed E-state index contributed by atoms with van der Waals surface area (Å²) in [6.45, 7) is 5.76. The second-order valence-electron chi connectivity index (χ2n) is 6.16. The summed E-state index contributed by atoms with van der Waals surface area (Å²) in [4.78, 5) is 11.2. The molecule has 1 N–H and O–H groups in total. The van der Waals surface area contributed by atoms with Crippen LogP contribution in [0, 0.1) is 0 Å². The van der Waals surface area contributed by atoms with E-state index in [4.69, 9.17) is 9.47 Å². The van der Waals surface area contributed by atoms with Crippen molar-refractivity contribution in [3.63, 3.8) is 0 Å². The summed E-state index contributed by atoms with van der Waals surface area (Å²) < 4.78 is 11.4. The lowest BCUT2D eigenvalue weighted by Crippen LogP contribution is -2.26. The van der Waals surface area contributed by atoms with Crippen molar-refractivity contribution in [3.8, 4) is 0 Å². The molecule has 1 saturated heterocycles. The van der Waals surface area contributed by atoms with Gasteiger partial charge in [-0.25, -0.2) is 0 Å². The van der Waals surface area contributed by atoms with Crippen molar-refractivity contribution in [2.45, 2.75) is 103 Å². The predicted octanol–water partition coefficient (Wildman–Crippen LogP) is 3.60. The number of hydrogen-bond acceptors (Lipinski definition) is 4. The van der Waals surface area contributed by atoms with Crippen LogP contribution >= 0.6 is 0 Å². The van der Waals surface area contributed by atoms with Crippen molar-refractivity contribution in [2.75, 3.05) is 0 Å². The number of unbranched alkanes of at least 4 members (excludes halogenated alkanes) is 4. The summed E-state index contributed by atoms with van der Waals surface area (Å²) in [5, 5.41) is 10.3. The summed E-state index contributed by atoms with van der Waals surface area (Å²) in [6.07, 6.45) is 8.16. The fourth-order valence-electron chi connectivity index (χ4n) is 2.97. The first-order chi connectivity index (χ1) is 10.1. The van der Waals surface area contributed by atoms with E-state index in [1.807, 2.05) is 0 Å². The van der Waals surface area contributed by atoms with Gasteiger partial charge in [0.05, 0.1) is 18.3 Å². The number of aliphatic hydroxyl groups is 1. The van der Waals surface area contributed by atoms with Crippen LogP contribution in [-0.2, 0) is 14.3 Å². The molecule has 1 fully saturated rings. The van der Waals surface area contributed by atoms with Crippen molar-refractivity contribution in [2.24, 2.45) is 0 Å². The molecule has 4 nitrogen and oxygen atoms in total. The van der Waals surface area contributed by atoms with Gasteiger partial charge in [0.1, 0.15) is 6.10 Å². The molecule has 0 aromatic heterocycles. The molecule has 0 bridgehead atoms. The normalized spacial score (nSPS) is 26.8. The standard InChI is InChI=1S/C17H32O4/c1-4-6-8-10-14(19)16-12-17(20-13(3)18)15(21-16)11-9-7-5-2/h14-17,19H,4-12H2,1-3H3/t14-,15+,16+,17+/m1/s1. The van der Waals surface area contributed by atoms with Crippen molar-refractivity contribution in [1.29, 1.82) is 0 Å². The van der Waals surface area contributed by atoms with Gasteiger partial charge in [0.15, 0.2) is 0 Å². The third-order valence-corrected chi connectivity index (χ3v) is 4.17. The Morgan fingerprint density at radius 2 is 1.90 bits per heavy atom. The highest BCUT2D eigenvalue weighted by Gasteiger charge is 2.39. The monoisotopic (exact) mass is 300 g/mol. The summed E-state index contributed by atoms with van der Waals surface area (Å²) in [7, 11) is 0. The van der Waals surface area contributed by atoms with Crippen LogP contribution in [0.3, 0.4) is 0 Å². The van der Waals surface area contributed by atoms with E-state index in [2.05, 4.69) is 13.8 Å². The number of hydrogen-bond donors (Lipinski definition) is 1. The van der Waals surface area contributed by atoms with E-state index in [0.717, 1.165) is 51.4 Å². The summed E-state index contributed by atoms with van der Waals surface area (Å²) in [5.74, 6) is -0.259. The number of carbonyl (C=O) groups is 1. The molecular weight excluding hydrogens is 268 g/mol. The average Bonchev–Trinajstić information content (AvgIpc) is 2.82. The van der Waals surface area contributed by atoms with Gasteiger partial charge < -0.3 is 14.6 Å². The fourth-order valence-corrected chi connectivity index (χ4v) is 2.97. The lowest BCUT2D eigenvalue weighted by atomic mass is 10.0. The van der Waals surface area contributed by atoms with E-state index < -0.39 is 6.10 Å². The summed E-state index contributed by atoms with van der Waals surface area (Å²) in [5.41, 5.74) is 0.